The normalized spacial score (nSPS) is 22.8. The maximum Gasteiger partial charge on any atom is 0.0732 e. The highest BCUT2D eigenvalue weighted by atomic mass is 15.4. The summed E-state index contributed by atoms with van der Waals surface area (Å²) < 4.78 is 2.00. The van der Waals surface area contributed by atoms with Gasteiger partial charge in [-0.15, -0.1) is 5.10 Å². The molecule has 0 bridgehead atoms. The van der Waals surface area contributed by atoms with Crippen molar-refractivity contribution in [2.24, 2.45) is 5.92 Å². The van der Waals surface area contributed by atoms with Gasteiger partial charge in [0.25, 0.3) is 0 Å². The van der Waals surface area contributed by atoms with Crippen molar-refractivity contribution in [1.29, 1.82) is 0 Å². The number of hydrogen-bond donors (Lipinski definition) is 1. The molecule has 1 aliphatic rings. The van der Waals surface area contributed by atoms with Crippen molar-refractivity contribution in [2.75, 3.05) is 13.6 Å². The molecule has 3 rings (SSSR count). The second-order valence-electron chi connectivity index (χ2n) is 5.26. The number of aromatic nitrogens is 3. The lowest BCUT2D eigenvalue weighted by Gasteiger charge is -2.19. The predicted molar refractivity (Wildman–Crippen MR) is 75.4 cm³/mol. The quantitative estimate of drug-likeness (QED) is 0.913. The smallest absolute Gasteiger partial charge is 0.0732 e. The Morgan fingerprint density at radius 1 is 1.26 bits per heavy atom. The van der Waals surface area contributed by atoms with Crippen molar-refractivity contribution < 1.29 is 0 Å². The Bertz CT molecular complexity index is 520. The molecule has 1 fully saturated rings. The molecule has 0 saturated heterocycles. The van der Waals surface area contributed by atoms with Crippen LogP contribution in [0.1, 0.15) is 30.9 Å². The molecule has 2 aromatic rings. The van der Waals surface area contributed by atoms with E-state index in [-0.39, 0.29) is 0 Å². The monoisotopic (exact) mass is 256 g/mol. The van der Waals surface area contributed by atoms with Gasteiger partial charge < -0.3 is 5.32 Å². The van der Waals surface area contributed by atoms with Gasteiger partial charge in [0.1, 0.15) is 0 Å². The Kier molecular flexibility index (Phi) is 3.60. The lowest BCUT2D eigenvalue weighted by Crippen LogP contribution is -2.22. The Hall–Kier alpha value is -1.68. The van der Waals surface area contributed by atoms with Gasteiger partial charge in [0.05, 0.1) is 17.6 Å². The largest absolute Gasteiger partial charge is 0.319 e. The van der Waals surface area contributed by atoms with Crippen LogP contribution < -0.4 is 5.32 Å². The predicted octanol–water partition coefficient (Wildman–Crippen LogP) is 2.37. The Morgan fingerprint density at radius 2 is 2.11 bits per heavy atom. The van der Waals surface area contributed by atoms with Crippen LogP contribution in [-0.2, 0) is 0 Å². The van der Waals surface area contributed by atoms with Gasteiger partial charge in [0.2, 0.25) is 0 Å². The van der Waals surface area contributed by atoms with Crippen LogP contribution >= 0.6 is 0 Å². The summed E-state index contributed by atoms with van der Waals surface area (Å²) in [4.78, 5) is 0. The van der Waals surface area contributed by atoms with Crippen LogP contribution in [0.3, 0.4) is 0 Å². The zero-order valence-electron chi connectivity index (χ0n) is 11.3. The van der Waals surface area contributed by atoms with E-state index in [9.17, 15) is 0 Å². The van der Waals surface area contributed by atoms with E-state index in [1.165, 1.54) is 25.0 Å². The first-order valence-corrected chi connectivity index (χ1v) is 7.01. The minimum absolute atomic E-state index is 0.572. The van der Waals surface area contributed by atoms with Crippen LogP contribution in [0, 0.1) is 5.92 Å². The van der Waals surface area contributed by atoms with Crippen molar-refractivity contribution in [3.63, 3.8) is 0 Å². The van der Waals surface area contributed by atoms with Gasteiger partial charge in [-0.2, -0.15) is 0 Å². The summed E-state index contributed by atoms with van der Waals surface area (Å²) in [7, 11) is 2.03. The summed E-state index contributed by atoms with van der Waals surface area (Å²) in [6, 6.07) is 10.3. The fourth-order valence-corrected chi connectivity index (χ4v) is 3.20. The molecule has 0 aliphatic heterocycles. The molecule has 100 valence electrons. The third-order valence-electron chi connectivity index (χ3n) is 4.08. The van der Waals surface area contributed by atoms with Crippen LogP contribution in [0.15, 0.2) is 36.5 Å². The fourth-order valence-electron chi connectivity index (χ4n) is 3.20. The molecule has 19 heavy (non-hydrogen) atoms. The minimum Gasteiger partial charge on any atom is -0.319 e. The van der Waals surface area contributed by atoms with Crippen LogP contribution in [0.25, 0.3) is 5.69 Å². The maximum absolute atomic E-state index is 4.27. The van der Waals surface area contributed by atoms with Crippen LogP contribution in [0.4, 0.5) is 0 Å². The molecular formula is C15H20N4. The zero-order valence-corrected chi connectivity index (χ0v) is 11.3. The van der Waals surface area contributed by atoms with E-state index < -0.39 is 0 Å². The molecule has 1 aliphatic carbocycles. The van der Waals surface area contributed by atoms with E-state index in [2.05, 4.69) is 27.8 Å². The lowest BCUT2D eigenvalue weighted by atomic mass is 9.93. The number of hydrogen-bond acceptors (Lipinski definition) is 3. The standard InChI is InChI=1S/C15H20N4/c1-16-10-12-6-5-9-14(12)15-11-17-18-19(15)13-7-3-2-4-8-13/h2-4,7-8,11-12,14,16H,5-6,9-10H2,1H3. The zero-order chi connectivity index (χ0) is 13.1. The molecule has 4 nitrogen and oxygen atoms in total. The number of nitrogens with one attached hydrogen (secondary N) is 1. The molecule has 0 radical (unpaired) electrons. The van der Waals surface area contributed by atoms with E-state index in [1.807, 2.05) is 36.1 Å². The third kappa shape index (κ3) is 2.40. The van der Waals surface area contributed by atoms with Crippen LogP contribution in [0.5, 0.6) is 0 Å². The molecular weight excluding hydrogens is 236 g/mol. The Balaban J connectivity index is 1.92. The number of benzene rings is 1. The average Bonchev–Trinajstić information content (AvgIpc) is 3.08. The van der Waals surface area contributed by atoms with E-state index in [4.69, 9.17) is 0 Å². The summed E-state index contributed by atoms with van der Waals surface area (Å²) in [6.45, 7) is 1.07. The van der Waals surface area contributed by atoms with Gasteiger partial charge in [-0.1, -0.05) is 29.8 Å². The number of rotatable bonds is 4. The molecule has 1 heterocycles. The van der Waals surface area contributed by atoms with E-state index in [0.717, 1.165) is 12.2 Å². The van der Waals surface area contributed by atoms with E-state index in [0.29, 0.717) is 11.8 Å². The first-order valence-electron chi connectivity index (χ1n) is 7.01. The van der Waals surface area contributed by atoms with Crippen molar-refractivity contribution in [1.82, 2.24) is 20.3 Å². The number of para-hydroxylation sites is 1. The second kappa shape index (κ2) is 5.53. The van der Waals surface area contributed by atoms with Gasteiger partial charge in [-0.3, -0.25) is 0 Å². The second-order valence-corrected chi connectivity index (χ2v) is 5.26. The van der Waals surface area contributed by atoms with Gasteiger partial charge in [-0.25, -0.2) is 4.68 Å². The SMILES string of the molecule is CNCC1CCCC1c1cnnn1-c1ccccc1. The topological polar surface area (TPSA) is 42.7 Å². The number of nitrogens with zero attached hydrogens (tertiary/aromatic N) is 3. The summed E-state index contributed by atoms with van der Waals surface area (Å²) >= 11 is 0. The minimum atomic E-state index is 0.572. The molecule has 1 saturated carbocycles. The molecule has 4 heteroatoms. The van der Waals surface area contributed by atoms with Crippen LogP contribution in [0.2, 0.25) is 0 Å². The Morgan fingerprint density at radius 3 is 2.89 bits per heavy atom. The highest BCUT2D eigenvalue weighted by Crippen LogP contribution is 2.39. The lowest BCUT2D eigenvalue weighted by molar-refractivity contribution is 0.448. The van der Waals surface area contributed by atoms with Crippen molar-refractivity contribution >= 4 is 0 Å². The van der Waals surface area contributed by atoms with Crippen molar-refractivity contribution in [2.45, 2.75) is 25.2 Å². The van der Waals surface area contributed by atoms with Gasteiger partial charge >= 0.3 is 0 Å². The summed E-state index contributed by atoms with van der Waals surface area (Å²) in [5, 5.41) is 11.7. The first-order chi connectivity index (χ1) is 9.40. The molecule has 1 N–H and O–H groups in total. The first kappa shape index (κ1) is 12.4. The van der Waals surface area contributed by atoms with Gasteiger partial charge in [-0.05, 0) is 44.5 Å². The van der Waals surface area contributed by atoms with Crippen molar-refractivity contribution in [3.8, 4) is 5.69 Å². The fraction of sp³-hybridized carbons (Fsp3) is 0.467. The summed E-state index contributed by atoms with van der Waals surface area (Å²) in [5.74, 6) is 1.27. The molecule has 0 spiro atoms. The van der Waals surface area contributed by atoms with Crippen LogP contribution in [-0.4, -0.2) is 28.6 Å². The Labute approximate surface area is 113 Å². The molecule has 2 unspecified atom stereocenters. The molecule has 1 aromatic carbocycles. The van der Waals surface area contributed by atoms with Gasteiger partial charge in [0.15, 0.2) is 0 Å². The third-order valence-corrected chi connectivity index (χ3v) is 4.08. The maximum atomic E-state index is 4.27. The highest BCUT2D eigenvalue weighted by molar-refractivity contribution is 5.32. The van der Waals surface area contributed by atoms with Gasteiger partial charge in [0, 0.05) is 5.92 Å². The molecule has 0 amide bonds. The molecule has 2 atom stereocenters. The van der Waals surface area contributed by atoms with E-state index in [1.54, 1.807) is 0 Å². The van der Waals surface area contributed by atoms with E-state index >= 15 is 0 Å². The highest BCUT2D eigenvalue weighted by Gasteiger charge is 2.31. The summed E-state index contributed by atoms with van der Waals surface area (Å²) in [5.41, 5.74) is 2.36. The van der Waals surface area contributed by atoms with Crippen molar-refractivity contribution in [3.05, 3.63) is 42.2 Å². The summed E-state index contributed by atoms with van der Waals surface area (Å²) in [6.07, 6.45) is 5.78. The average molecular weight is 256 g/mol. The molecule has 1 aromatic heterocycles.